The minimum absolute atomic E-state index is 0.0367. The van der Waals surface area contributed by atoms with Crippen molar-refractivity contribution in [2.45, 2.75) is 19.6 Å². The number of hydrogen-bond acceptors (Lipinski definition) is 4. The molecule has 2 aromatic heterocycles. The maximum Gasteiger partial charge on any atom is 0.234 e. The normalized spacial score (nSPS) is 10.8. The van der Waals surface area contributed by atoms with E-state index in [1.54, 1.807) is 6.26 Å². The highest BCUT2D eigenvalue weighted by atomic mass is 32.2. The molecule has 0 fully saturated rings. The number of thioether (sulfide) groups is 1. The highest BCUT2D eigenvalue weighted by molar-refractivity contribution is 7.99. The largest absolute Gasteiger partial charge is 0.468 e. The number of aryl methyl sites for hydroxylation is 1. The van der Waals surface area contributed by atoms with Crippen LogP contribution in [0.3, 0.4) is 0 Å². The second-order valence-corrected chi connectivity index (χ2v) is 6.40. The summed E-state index contributed by atoms with van der Waals surface area (Å²) in [4.78, 5) is 12.2. The van der Waals surface area contributed by atoms with Gasteiger partial charge in [-0.2, -0.15) is 5.10 Å². The molecule has 3 aromatic rings. The number of para-hydroxylation sites is 1. The molecule has 6 heteroatoms. The molecule has 0 radical (unpaired) electrons. The summed E-state index contributed by atoms with van der Waals surface area (Å²) in [6, 6.07) is 13.6. The van der Waals surface area contributed by atoms with Gasteiger partial charge in [-0.3, -0.25) is 4.79 Å². The van der Waals surface area contributed by atoms with Gasteiger partial charge in [0.25, 0.3) is 0 Å². The van der Waals surface area contributed by atoms with E-state index in [0.717, 1.165) is 28.5 Å². The van der Waals surface area contributed by atoms with Gasteiger partial charge in [0.15, 0.2) is 0 Å². The number of benzene rings is 1. The van der Waals surface area contributed by atoms with Crippen LogP contribution in [0.5, 0.6) is 0 Å². The van der Waals surface area contributed by atoms with Gasteiger partial charge >= 0.3 is 0 Å². The van der Waals surface area contributed by atoms with Crippen molar-refractivity contribution in [3.05, 3.63) is 65.9 Å². The van der Waals surface area contributed by atoms with Crippen molar-refractivity contribution < 1.29 is 9.21 Å². The summed E-state index contributed by atoms with van der Waals surface area (Å²) in [5.74, 6) is 1.89. The fraction of sp³-hybridized carbons (Fsp3) is 0.222. The number of carbonyl (C=O) groups excluding carboxylic acids is 1. The zero-order valence-corrected chi connectivity index (χ0v) is 14.5. The fourth-order valence-corrected chi connectivity index (χ4v) is 3.18. The number of hydrogen-bond donors (Lipinski definition) is 1. The number of amides is 1. The van der Waals surface area contributed by atoms with Crippen molar-refractivity contribution in [2.75, 3.05) is 11.1 Å². The number of aromatic nitrogens is 2. The number of nitrogens with one attached hydrogen (secondary N) is 1. The second kappa shape index (κ2) is 7.40. The Balaban J connectivity index is 1.64. The monoisotopic (exact) mass is 341 g/mol. The van der Waals surface area contributed by atoms with Crippen molar-refractivity contribution in [2.24, 2.45) is 0 Å². The van der Waals surface area contributed by atoms with Crippen LogP contribution in [0, 0.1) is 13.8 Å². The van der Waals surface area contributed by atoms with E-state index in [1.165, 1.54) is 11.8 Å². The minimum Gasteiger partial charge on any atom is -0.468 e. The van der Waals surface area contributed by atoms with Gasteiger partial charge < -0.3 is 9.73 Å². The average molecular weight is 341 g/mol. The van der Waals surface area contributed by atoms with Crippen LogP contribution in [0.15, 0.2) is 53.1 Å². The summed E-state index contributed by atoms with van der Waals surface area (Å²) in [5.41, 5.74) is 3.48. The summed E-state index contributed by atoms with van der Waals surface area (Å²) < 4.78 is 7.11. The van der Waals surface area contributed by atoms with E-state index in [9.17, 15) is 4.79 Å². The summed E-state index contributed by atoms with van der Waals surface area (Å²) >= 11 is 1.52. The lowest BCUT2D eigenvalue weighted by Gasteiger charge is -2.07. The third-order valence-corrected chi connectivity index (χ3v) is 4.57. The van der Waals surface area contributed by atoms with Crippen molar-refractivity contribution in [1.82, 2.24) is 9.78 Å². The van der Waals surface area contributed by atoms with Crippen molar-refractivity contribution >= 4 is 23.4 Å². The van der Waals surface area contributed by atoms with Gasteiger partial charge in [-0.25, -0.2) is 4.68 Å². The van der Waals surface area contributed by atoms with Crippen molar-refractivity contribution in [1.29, 1.82) is 0 Å². The standard InChI is InChI=1S/C18H19N3O2S/c1-13-18(14(2)21(20-13)15-7-4-3-5-8-15)19-17(22)12-24-11-16-9-6-10-23-16/h3-10H,11-12H2,1-2H3,(H,19,22). The Bertz CT molecular complexity index is 810. The predicted molar refractivity (Wildman–Crippen MR) is 96.5 cm³/mol. The average Bonchev–Trinajstić information content (AvgIpc) is 3.19. The molecular formula is C18H19N3O2S. The van der Waals surface area contributed by atoms with Crippen LogP contribution in [0.2, 0.25) is 0 Å². The highest BCUT2D eigenvalue weighted by Crippen LogP contribution is 2.23. The van der Waals surface area contributed by atoms with Gasteiger partial charge in [0.1, 0.15) is 5.76 Å². The molecule has 0 atom stereocenters. The Labute approximate surface area is 145 Å². The molecule has 0 aliphatic heterocycles. The first-order chi connectivity index (χ1) is 11.6. The number of furan rings is 1. The molecule has 0 unspecified atom stereocenters. The Hall–Kier alpha value is -2.47. The molecule has 1 N–H and O–H groups in total. The number of anilines is 1. The summed E-state index contributed by atoms with van der Waals surface area (Å²) in [7, 11) is 0. The Morgan fingerprint density at radius 2 is 2.00 bits per heavy atom. The van der Waals surface area contributed by atoms with Crippen LogP contribution in [0.1, 0.15) is 17.1 Å². The molecule has 24 heavy (non-hydrogen) atoms. The van der Waals surface area contributed by atoms with Gasteiger partial charge in [0, 0.05) is 0 Å². The zero-order valence-electron chi connectivity index (χ0n) is 13.7. The first-order valence-corrected chi connectivity index (χ1v) is 8.82. The topological polar surface area (TPSA) is 60.1 Å². The number of rotatable bonds is 6. The smallest absolute Gasteiger partial charge is 0.234 e. The molecule has 0 aliphatic rings. The molecule has 5 nitrogen and oxygen atoms in total. The minimum atomic E-state index is -0.0367. The van der Waals surface area contributed by atoms with Crippen LogP contribution in [0.25, 0.3) is 5.69 Å². The first-order valence-electron chi connectivity index (χ1n) is 7.67. The van der Waals surface area contributed by atoms with Crippen LogP contribution in [-0.4, -0.2) is 21.4 Å². The third-order valence-electron chi connectivity index (χ3n) is 3.61. The summed E-state index contributed by atoms with van der Waals surface area (Å²) in [5, 5.41) is 7.51. The zero-order chi connectivity index (χ0) is 16.9. The van der Waals surface area contributed by atoms with Crippen molar-refractivity contribution in [3.8, 4) is 5.69 Å². The molecule has 2 heterocycles. The Morgan fingerprint density at radius 3 is 2.71 bits per heavy atom. The molecule has 0 saturated carbocycles. The first kappa shape index (κ1) is 16.4. The molecule has 3 rings (SSSR count). The number of carbonyl (C=O) groups is 1. The molecule has 124 valence electrons. The van der Waals surface area contributed by atoms with Gasteiger partial charge in [0.2, 0.25) is 5.91 Å². The van der Waals surface area contributed by atoms with Gasteiger partial charge in [0.05, 0.1) is 40.5 Å². The SMILES string of the molecule is Cc1nn(-c2ccccc2)c(C)c1NC(=O)CSCc1ccco1. The van der Waals surface area contributed by atoms with Crippen LogP contribution >= 0.6 is 11.8 Å². The third kappa shape index (κ3) is 3.71. The molecule has 1 aromatic carbocycles. The fourth-order valence-electron chi connectivity index (χ4n) is 2.46. The van der Waals surface area contributed by atoms with E-state index in [-0.39, 0.29) is 5.91 Å². The summed E-state index contributed by atoms with van der Waals surface area (Å²) in [6.07, 6.45) is 1.64. The van der Waals surface area contributed by atoms with Gasteiger partial charge in [-0.1, -0.05) is 18.2 Å². The van der Waals surface area contributed by atoms with E-state index in [2.05, 4.69) is 10.4 Å². The summed E-state index contributed by atoms with van der Waals surface area (Å²) in [6.45, 7) is 3.86. The maximum absolute atomic E-state index is 12.2. The predicted octanol–water partition coefficient (Wildman–Crippen LogP) is 3.95. The van der Waals surface area contributed by atoms with Crippen LogP contribution in [-0.2, 0) is 10.5 Å². The lowest BCUT2D eigenvalue weighted by atomic mass is 10.3. The number of nitrogens with zero attached hydrogens (tertiary/aromatic N) is 2. The van der Waals surface area contributed by atoms with E-state index < -0.39 is 0 Å². The van der Waals surface area contributed by atoms with E-state index in [4.69, 9.17) is 4.42 Å². The quantitative estimate of drug-likeness (QED) is 0.737. The molecule has 0 saturated heterocycles. The van der Waals surface area contributed by atoms with E-state index in [0.29, 0.717) is 11.5 Å². The lowest BCUT2D eigenvalue weighted by molar-refractivity contribution is -0.113. The lowest BCUT2D eigenvalue weighted by Crippen LogP contribution is -2.15. The van der Waals surface area contributed by atoms with E-state index >= 15 is 0 Å². The Morgan fingerprint density at radius 1 is 1.21 bits per heavy atom. The van der Waals surface area contributed by atoms with Crippen molar-refractivity contribution in [3.63, 3.8) is 0 Å². The van der Waals surface area contributed by atoms with Crippen LogP contribution < -0.4 is 5.32 Å². The highest BCUT2D eigenvalue weighted by Gasteiger charge is 2.15. The maximum atomic E-state index is 12.2. The molecule has 1 amide bonds. The Kier molecular flexibility index (Phi) is 5.05. The molecule has 0 spiro atoms. The van der Waals surface area contributed by atoms with Gasteiger partial charge in [-0.15, -0.1) is 11.8 Å². The molecule has 0 aliphatic carbocycles. The second-order valence-electron chi connectivity index (χ2n) is 5.41. The van der Waals surface area contributed by atoms with Crippen LogP contribution in [0.4, 0.5) is 5.69 Å². The molecule has 0 bridgehead atoms. The van der Waals surface area contributed by atoms with E-state index in [1.807, 2.05) is 61.0 Å². The molecular weight excluding hydrogens is 322 g/mol. The van der Waals surface area contributed by atoms with Gasteiger partial charge in [-0.05, 0) is 38.1 Å².